The van der Waals surface area contributed by atoms with Gasteiger partial charge in [-0.05, 0) is 24.4 Å². The minimum Gasteiger partial charge on any atom is -0.336 e. The summed E-state index contributed by atoms with van der Waals surface area (Å²) in [4.78, 5) is 14.9. The highest BCUT2D eigenvalue weighted by Gasteiger charge is 2.18. The van der Waals surface area contributed by atoms with E-state index in [0.29, 0.717) is 6.04 Å². The summed E-state index contributed by atoms with van der Waals surface area (Å²) in [6, 6.07) is 4.39. The predicted molar refractivity (Wildman–Crippen MR) is 67.4 cm³/mol. The average Bonchev–Trinajstić information content (AvgIpc) is 2.78. The Kier molecular flexibility index (Phi) is 3.74. The molecule has 1 atom stereocenters. The van der Waals surface area contributed by atoms with Crippen LogP contribution in [-0.4, -0.2) is 36.5 Å². The standard InChI is InChI=1S/C12H16N2OS/c1-10-9-14(7-6-13-10)12(15)5-4-11-3-2-8-16-11/h2-5,8,10,13H,6-7,9H2,1H3. The number of rotatable bonds is 2. The van der Waals surface area contributed by atoms with E-state index < -0.39 is 0 Å². The molecule has 1 amide bonds. The molecule has 0 radical (unpaired) electrons. The van der Waals surface area contributed by atoms with Crippen molar-refractivity contribution in [2.75, 3.05) is 19.6 Å². The average molecular weight is 236 g/mol. The molecule has 1 N–H and O–H groups in total. The Morgan fingerprint density at radius 2 is 2.56 bits per heavy atom. The molecule has 1 saturated heterocycles. The minimum atomic E-state index is 0.113. The fourth-order valence-corrected chi connectivity index (χ4v) is 2.40. The van der Waals surface area contributed by atoms with Crippen molar-refractivity contribution in [3.8, 4) is 0 Å². The molecule has 0 bridgehead atoms. The molecular weight excluding hydrogens is 220 g/mol. The summed E-state index contributed by atoms with van der Waals surface area (Å²) in [6.45, 7) is 4.59. The van der Waals surface area contributed by atoms with Crippen LogP contribution < -0.4 is 5.32 Å². The Bertz CT molecular complexity index is 372. The van der Waals surface area contributed by atoms with E-state index in [1.807, 2.05) is 28.5 Å². The number of amides is 1. The lowest BCUT2D eigenvalue weighted by Gasteiger charge is -2.31. The van der Waals surface area contributed by atoms with Crippen molar-refractivity contribution in [3.05, 3.63) is 28.5 Å². The molecule has 0 saturated carbocycles. The second-order valence-corrected chi connectivity index (χ2v) is 4.97. The first kappa shape index (κ1) is 11.4. The molecule has 1 unspecified atom stereocenters. The normalized spacial score (nSPS) is 21.6. The van der Waals surface area contributed by atoms with Crippen LogP contribution in [0.5, 0.6) is 0 Å². The summed E-state index contributed by atoms with van der Waals surface area (Å²) in [5.74, 6) is 0.113. The van der Waals surface area contributed by atoms with E-state index in [2.05, 4.69) is 12.2 Å². The molecule has 1 aromatic heterocycles. The molecule has 1 aliphatic rings. The minimum absolute atomic E-state index is 0.113. The molecule has 0 aromatic carbocycles. The molecule has 86 valence electrons. The number of piperazine rings is 1. The van der Waals surface area contributed by atoms with E-state index in [1.54, 1.807) is 17.4 Å². The Morgan fingerprint density at radius 3 is 3.25 bits per heavy atom. The zero-order valence-electron chi connectivity index (χ0n) is 9.35. The van der Waals surface area contributed by atoms with Gasteiger partial charge in [-0.15, -0.1) is 11.3 Å². The van der Waals surface area contributed by atoms with Crippen LogP contribution >= 0.6 is 11.3 Å². The predicted octanol–water partition coefficient (Wildman–Crippen LogP) is 1.58. The maximum Gasteiger partial charge on any atom is 0.246 e. The molecule has 0 spiro atoms. The highest BCUT2D eigenvalue weighted by atomic mass is 32.1. The van der Waals surface area contributed by atoms with Gasteiger partial charge in [-0.3, -0.25) is 4.79 Å². The van der Waals surface area contributed by atoms with E-state index in [9.17, 15) is 4.79 Å². The number of hydrogen-bond donors (Lipinski definition) is 1. The number of nitrogens with zero attached hydrogens (tertiary/aromatic N) is 1. The molecule has 3 nitrogen and oxygen atoms in total. The van der Waals surface area contributed by atoms with Crippen LogP contribution in [0.25, 0.3) is 6.08 Å². The summed E-state index contributed by atoms with van der Waals surface area (Å²) in [6.07, 6.45) is 3.56. The van der Waals surface area contributed by atoms with Crippen LogP contribution in [0, 0.1) is 0 Å². The first-order valence-electron chi connectivity index (χ1n) is 5.49. The molecule has 2 heterocycles. The Morgan fingerprint density at radius 1 is 1.69 bits per heavy atom. The van der Waals surface area contributed by atoms with Gasteiger partial charge < -0.3 is 10.2 Å². The quantitative estimate of drug-likeness (QED) is 0.791. The maximum absolute atomic E-state index is 11.9. The lowest BCUT2D eigenvalue weighted by molar-refractivity contribution is -0.127. The monoisotopic (exact) mass is 236 g/mol. The van der Waals surface area contributed by atoms with Crippen molar-refractivity contribution in [1.82, 2.24) is 10.2 Å². The van der Waals surface area contributed by atoms with Gasteiger partial charge in [0.2, 0.25) is 5.91 Å². The zero-order valence-corrected chi connectivity index (χ0v) is 10.2. The molecular formula is C12H16N2OS. The van der Waals surface area contributed by atoms with Crippen molar-refractivity contribution in [2.45, 2.75) is 13.0 Å². The molecule has 1 fully saturated rings. The second kappa shape index (κ2) is 5.27. The van der Waals surface area contributed by atoms with Crippen molar-refractivity contribution in [2.24, 2.45) is 0 Å². The first-order chi connectivity index (χ1) is 7.75. The van der Waals surface area contributed by atoms with Gasteiger partial charge in [0.05, 0.1) is 0 Å². The maximum atomic E-state index is 11.9. The zero-order chi connectivity index (χ0) is 11.4. The third-order valence-electron chi connectivity index (χ3n) is 2.61. The molecule has 0 aliphatic carbocycles. The topological polar surface area (TPSA) is 32.3 Å². The number of nitrogens with one attached hydrogen (secondary N) is 1. The number of hydrogen-bond acceptors (Lipinski definition) is 3. The lowest BCUT2D eigenvalue weighted by Crippen LogP contribution is -2.50. The fraction of sp³-hybridized carbons (Fsp3) is 0.417. The number of carbonyl (C=O) groups excluding carboxylic acids is 1. The van der Waals surface area contributed by atoms with E-state index in [1.165, 1.54) is 0 Å². The molecule has 4 heteroatoms. The van der Waals surface area contributed by atoms with E-state index in [-0.39, 0.29) is 5.91 Å². The Balaban J connectivity index is 1.92. The summed E-state index contributed by atoms with van der Waals surface area (Å²) in [7, 11) is 0. The SMILES string of the molecule is CC1CN(C(=O)C=Cc2cccs2)CCN1. The lowest BCUT2D eigenvalue weighted by atomic mass is 10.2. The van der Waals surface area contributed by atoms with E-state index in [0.717, 1.165) is 24.5 Å². The van der Waals surface area contributed by atoms with Gasteiger partial charge in [-0.25, -0.2) is 0 Å². The van der Waals surface area contributed by atoms with Crippen LogP contribution in [0.15, 0.2) is 23.6 Å². The van der Waals surface area contributed by atoms with Gasteiger partial charge in [0.15, 0.2) is 0 Å². The van der Waals surface area contributed by atoms with Gasteiger partial charge in [-0.2, -0.15) is 0 Å². The number of thiophene rings is 1. The third kappa shape index (κ3) is 2.93. The molecule has 1 aliphatic heterocycles. The highest BCUT2D eigenvalue weighted by Crippen LogP contribution is 2.10. The summed E-state index contributed by atoms with van der Waals surface area (Å²) in [5, 5.41) is 5.33. The van der Waals surface area contributed by atoms with Gasteiger partial charge in [0.1, 0.15) is 0 Å². The molecule has 1 aromatic rings. The smallest absolute Gasteiger partial charge is 0.246 e. The van der Waals surface area contributed by atoms with Gasteiger partial charge in [-0.1, -0.05) is 6.07 Å². The summed E-state index contributed by atoms with van der Waals surface area (Å²) in [5.41, 5.74) is 0. The third-order valence-corrected chi connectivity index (χ3v) is 3.45. The summed E-state index contributed by atoms with van der Waals surface area (Å²) >= 11 is 1.64. The van der Waals surface area contributed by atoms with E-state index >= 15 is 0 Å². The van der Waals surface area contributed by atoms with Crippen molar-refractivity contribution in [3.63, 3.8) is 0 Å². The van der Waals surface area contributed by atoms with Crippen LogP contribution in [0.2, 0.25) is 0 Å². The van der Waals surface area contributed by atoms with Crippen LogP contribution in [-0.2, 0) is 4.79 Å². The molecule has 16 heavy (non-hydrogen) atoms. The van der Waals surface area contributed by atoms with Crippen LogP contribution in [0.4, 0.5) is 0 Å². The summed E-state index contributed by atoms with van der Waals surface area (Å²) < 4.78 is 0. The molecule has 2 rings (SSSR count). The van der Waals surface area contributed by atoms with Gasteiger partial charge in [0.25, 0.3) is 0 Å². The Labute approximate surface area is 99.8 Å². The second-order valence-electron chi connectivity index (χ2n) is 3.99. The van der Waals surface area contributed by atoms with Crippen molar-refractivity contribution >= 4 is 23.3 Å². The fourth-order valence-electron chi connectivity index (χ4n) is 1.78. The van der Waals surface area contributed by atoms with Crippen molar-refractivity contribution < 1.29 is 4.79 Å². The van der Waals surface area contributed by atoms with Gasteiger partial charge in [0, 0.05) is 36.6 Å². The largest absolute Gasteiger partial charge is 0.336 e. The highest BCUT2D eigenvalue weighted by molar-refractivity contribution is 7.10. The van der Waals surface area contributed by atoms with Crippen LogP contribution in [0.1, 0.15) is 11.8 Å². The van der Waals surface area contributed by atoms with Gasteiger partial charge >= 0.3 is 0 Å². The van der Waals surface area contributed by atoms with E-state index in [4.69, 9.17) is 0 Å². The number of carbonyl (C=O) groups is 1. The van der Waals surface area contributed by atoms with Crippen LogP contribution in [0.3, 0.4) is 0 Å². The Hall–Kier alpha value is -1.13. The van der Waals surface area contributed by atoms with Crippen molar-refractivity contribution in [1.29, 1.82) is 0 Å². The first-order valence-corrected chi connectivity index (χ1v) is 6.37.